The molecule has 0 saturated carbocycles. The van der Waals surface area contributed by atoms with Crippen molar-refractivity contribution in [2.45, 2.75) is 6.92 Å². The summed E-state index contributed by atoms with van der Waals surface area (Å²) in [4.78, 5) is 18.2. The summed E-state index contributed by atoms with van der Waals surface area (Å²) in [6.45, 7) is 2.02. The Kier molecular flexibility index (Phi) is 3.79. The maximum Gasteiger partial charge on any atom is 0.363 e. The quantitative estimate of drug-likeness (QED) is 0.632. The average Bonchev–Trinajstić information content (AvgIpc) is 3.05. The number of carbonyl (C=O) groups excluding carboxylic acids is 1. The maximum absolute atomic E-state index is 11.8. The Morgan fingerprint density at radius 2 is 1.90 bits per heavy atom. The van der Waals surface area contributed by atoms with Crippen LogP contribution >= 0.6 is 11.3 Å². The molecule has 1 aliphatic heterocycles. The third-order valence-electron chi connectivity index (χ3n) is 2.90. The number of cyclic esters (lactones) is 1. The van der Waals surface area contributed by atoms with Gasteiger partial charge < -0.3 is 4.74 Å². The molecule has 0 bridgehead atoms. The number of esters is 1. The van der Waals surface area contributed by atoms with Crippen molar-refractivity contribution in [3.63, 3.8) is 0 Å². The van der Waals surface area contributed by atoms with Crippen molar-refractivity contribution in [3.05, 3.63) is 69.6 Å². The molecule has 4 heteroatoms. The van der Waals surface area contributed by atoms with Gasteiger partial charge in [0.15, 0.2) is 5.70 Å². The van der Waals surface area contributed by atoms with Gasteiger partial charge in [-0.15, -0.1) is 11.3 Å². The van der Waals surface area contributed by atoms with E-state index < -0.39 is 5.97 Å². The number of aliphatic imine (C=N–C) groups is 1. The predicted molar refractivity (Wildman–Crippen MR) is 86.0 cm³/mol. The van der Waals surface area contributed by atoms with Gasteiger partial charge in [0.1, 0.15) is 0 Å². The summed E-state index contributed by atoms with van der Waals surface area (Å²) >= 11 is 1.62. The van der Waals surface area contributed by atoms with E-state index >= 15 is 0 Å². The fraction of sp³-hybridized carbons (Fsp3) is 0.0588. The summed E-state index contributed by atoms with van der Waals surface area (Å²) in [5.41, 5.74) is 1.37. The van der Waals surface area contributed by atoms with Gasteiger partial charge in [0.2, 0.25) is 5.90 Å². The number of nitrogens with zero attached hydrogens (tertiary/aromatic N) is 1. The van der Waals surface area contributed by atoms with E-state index in [0.29, 0.717) is 11.6 Å². The molecule has 0 amide bonds. The third-order valence-corrected chi connectivity index (χ3v) is 3.84. The van der Waals surface area contributed by atoms with Crippen LogP contribution in [0.1, 0.15) is 15.3 Å². The lowest BCUT2D eigenvalue weighted by molar-refractivity contribution is -0.129. The monoisotopic (exact) mass is 295 g/mol. The number of thiophene rings is 1. The van der Waals surface area contributed by atoms with Crippen molar-refractivity contribution in [2.24, 2.45) is 4.99 Å². The van der Waals surface area contributed by atoms with Crippen LogP contribution in [-0.4, -0.2) is 11.9 Å². The van der Waals surface area contributed by atoms with Gasteiger partial charge in [-0.2, -0.15) is 0 Å². The van der Waals surface area contributed by atoms with E-state index in [1.807, 2.05) is 55.5 Å². The zero-order valence-electron chi connectivity index (χ0n) is 11.4. The van der Waals surface area contributed by atoms with Crippen molar-refractivity contribution in [3.8, 4) is 0 Å². The van der Waals surface area contributed by atoms with Crippen LogP contribution in [0.5, 0.6) is 0 Å². The number of benzene rings is 1. The van der Waals surface area contributed by atoms with Crippen molar-refractivity contribution in [2.75, 3.05) is 0 Å². The van der Waals surface area contributed by atoms with E-state index in [0.717, 1.165) is 10.4 Å². The van der Waals surface area contributed by atoms with Crippen LogP contribution in [0.4, 0.5) is 0 Å². The Morgan fingerprint density at radius 3 is 2.62 bits per heavy atom. The molecule has 0 saturated heterocycles. The summed E-state index contributed by atoms with van der Waals surface area (Å²) < 4.78 is 5.14. The molecule has 0 unspecified atom stereocenters. The SMILES string of the molecule is Cc1ccc(/C=C2N=C(/C=C/c3ccccc3)OC\2=O)s1. The molecule has 1 aliphatic rings. The van der Waals surface area contributed by atoms with Gasteiger partial charge in [-0.05, 0) is 36.8 Å². The molecule has 2 heterocycles. The summed E-state index contributed by atoms with van der Waals surface area (Å²) in [5, 5.41) is 0. The second-order valence-corrected chi connectivity index (χ2v) is 5.88. The van der Waals surface area contributed by atoms with Crippen LogP contribution < -0.4 is 0 Å². The molecule has 0 radical (unpaired) electrons. The smallest absolute Gasteiger partial charge is 0.363 e. The highest BCUT2D eigenvalue weighted by Gasteiger charge is 2.21. The maximum atomic E-state index is 11.8. The number of hydrogen-bond donors (Lipinski definition) is 0. The molecule has 21 heavy (non-hydrogen) atoms. The summed E-state index contributed by atoms with van der Waals surface area (Å²) in [6.07, 6.45) is 5.32. The third kappa shape index (κ3) is 3.35. The Bertz CT molecular complexity index is 754. The molecule has 104 valence electrons. The van der Waals surface area contributed by atoms with E-state index in [1.54, 1.807) is 23.5 Å². The number of ether oxygens (including phenoxy) is 1. The number of hydrogen-bond acceptors (Lipinski definition) is 4. The molecule has 0 N–H and O–H groups in total. The van der Waals surface area contributed by atoms with Gasteiger partial charge in [-0.3, -0.25) is 0 Å². The molecule has 1 aromatic carbocycles. The molecule has 1 aromatic heterocycles. The minimum Gasteiger partial charge on any atom is -0.403 e. The normalized spacial score (nSPS) is 16.5. The number of carbonyl (C=O) groups is 1. The highest BCUT2D eigenvalue weighted by atomic mass is 32.1. The van der Waals surface area contributed by atoms with Crippen molar-refractivity contribution in [1.82, 2.24) is 0 Å². The van der Waals surface area contributed by atoms with Crippen molar-refractivity contribution in [1.29, 1.82) is 0 Å². The van der Waals surface area contributed by atoms with Crippen molar-refractivity contribution >= 4 is 35.4 Å². The average molecular weight is 295 g/mol. The highest BCUT2D eigenvalue weighted by molar-refractivity contribution is 7.12. The fourth-order valence-corrected chi connectivity index (χ4v) is 2.71. The summed E-state index contributed by atoms with van der Waals surface area (Å²) in [6, 6.07) is 13.8. The first-order valence-electron chi connectivity index (χ1n) is 6.53. The Morgan fingerprint density at radius 1 is 1.10 bits per heavy atom. The topological polar surface area (TPSA) is 38.7 Å². The van der Waals surface area contributed by atoms with Crippen LogP contribution in [0.2, 0.25) is 0 Å². The van der Waals surface area contributed by atoms with E-state index in [9.17, 15) is 4.79 Å². The molecule has 0 fully saturated rings. The molecule has 0 atom stereocenters. The van der Waals surface area contributed by atoms with E-state index in [-0.39, 0.29) is 0 Å². The van der Waals surface area contributed by atoms with Crippen LogP contribution in [0.25, 0.3) is 12.2 Å². The van der Waals surface area contributed by atoms with Gasteiger partial charge in [-0.25, -0.2) is 9.79 Å². The van der Waals surface area contributed by atoms with Crippen LogP contribution in [0.3, 0.4) is 0 Å². The Hall–Kier alpha value is -2.46. The standard InChI is InChI=1S/C17H13NO2S/c1-12-7-9-14(21-12)11-15-17(19)20-16(18-15)10-8-13-5-3-2-4-6-13/h2-11H,1H3/b10-8+,15-11-. The lowest BCUT2D eigenvalue weighted by Gasteiger charge is -1.92. The molecule has 0 aliphatic carbocycles. The first-order valence-corrected chi connectivity index (χ1v) is 7.34. The molecule has 2 aromatic rings. The molecule has 3 rings (SSSR count). The van der Waals surface area contributed by atoms with Gasteiger partial charge in [0.05, 0.1) is 0 Å². The first-order chi connectivity index (χ1) is 10.2. The zero-order chi connectivity index (χ0) is 14.7. The lowest BCUT2D eigenvalue weighted by Crippen LogP contribution is -2.00. The second-order valence-electron chi connectivity index (χ2n) is 4.56. The largest absolute Gasteiger partial charge is 0.403 e. The predicted octanol–water partition coefficient (Wildman–Crippen LogP) is 4.07. The highest BCUT2D eigenvalue weighted by Crippen LogP contribution is 2.21. The van der Waals surface area contributed by atoms with Crippen LogP contribution in [0.15, 0.2) is 59.2 Å². The molecule has 3 nitrogen and oxygen atoms in total. The first kappa shape index (κ1) is 13.5. The summed E-state index contributed by atoms with van der Waals surface area (Å²) in [5.74, 6) is -0.0860. The van der Waals surface area contributed by atoms with Gasteiger partial charge >= 0.3 is 5.97 Å². The van der Waals surface area contributed by atoms with E-state index in [2.05, 4.69) is 4.99 Å². The van der Waals surface area contributed by atoms with Gasteiger partial charge in [0.25, 0.3) is 0 Å². The zero-order valence-corrected chi connectivity index (χ0v) is 12.3. The fourth-order valence-electron chi connectivity index (χ4n) is 1.89. The van der Waals surface area contributed by atoms with E-state index in [4.69, 9.17) is 4.74 Å². The molecule has 0 spiro atoms. The Labute approximate surface area is 126 Å². The minimum absolute atomic E-state index is 0.323. The summed E-state index contributed by atoms with van der Waals surface area (Å²) in [7, 11) is 0. The van der Waals surface area contributed by atoms with Gasteiger partial charge in [0, 0.05) is 15.8 Å². The van der Waals surface area contributed by atoms with E-state index in [1.165, 1.54) is 4.88 Å². The molecular weight excluding hydrogens is 282 g/mol. The number of aryl methyl sites for hydroxylation is 1. The van der Waals surface area contributed by atoms with Crippen LogP contribution in [0, 0.1) is 6.92 Å². The number of rotatable bonds is 3. The molecular formula is C17H13NO2S. The van der Waals surface area contributed by atoms with Gasteiger partial charge in [-0.1, -0.05) is 30.3 Å². The Balaban J connectivity index is 1.79. The van der Waals surface area contributed by atoms with Crippen molar-refractivity contribution < 1.29 is 9.53 Å². The second kappa shape index (κ2) is 5.89. The lowest BCUT2D eigenvalue weighted by atomic mass is 10.2. The minimum atomic E-state index is -0.409. The van der Waals surface area contributed by atoms with Crippen LogP contribution in [-0.2, 0) is 9.53 Å².